The molecule has 3 heteroatoms. The maximum atomic E-state index is 12.0. The topological polar surface area (TPSA) is 29.1 Å². The normalized spacial score (nSPS) is 10.5. The molecule has 0 fully saturated rings. The predicted molar refractivity (Wildman–Crippen MR) is 74.3 cm³/mol. The molecule has 0 heterocycles. The number of carbonyl (C=O) groups excluding carboxylic acids is 1. The Morgan fingerprint density at radius 2 is 1.88 bits per heavy atom. The van der Waals surface area contributed by atoms with Crippen molar-refractivity contribution >= 4 is 32.6 Å². The van der Waals surface area contributed by atoms with Gasteiger partial charge in [-0.15, -0.1) is 0 Å². The van der Waals surface area contributed by atoms with Gasteiger partial charge in [-0.25, -0.2) is 0 Å². The molecule has 0 spiro atoms. The van der Waals surface area contributed by atoms with Gasteiger partial charge in [0.1, 0.15) is 0 Å². The van der Waals surface area contributed by atoms with Crippen molar-refractivity contribution in [1.29, 1.82) is 0 Å². The van der Waals surface area contributed by atoms with E-state index in [9.17, 15) is 4.79 Å². The van der Waals surface area contributed by atoms with Gasteiger partial charge >= 0.3 is 0 Å². The van der Waals surface area contributed by atoms with E-state index >= 15 is 0 Å². The van der Waals surface area contributed by atoms with Gasteiger partial charge in [-0.1, -0.05) is 47.1 Å². The van der Waals surface area contributed by atoms with Crippen molar-refractivity contribution in [2.45, 2.75) is 13.3 Å². The Balaban J connectivity index is 2.47. The van der Waals surface area contributed by atoms with Crippen molar-refractivity contribution in [2.75, 3.05) is 6.54 Å². The second-order valence-electron chi connectivity index (χ2n) is 3.90. The van der Waals surface area contributed by atoms with Gasteiger partial charge in [0.05, 0.1) is 0 Å². The lowest BCUT2D eigenvalue weighted by molar-refractivity contribution is 0.0955. The minimum atomic E-state index is -0.00412. The van der Waals surface area contributed by atoms with Crippen LogP contribution in [0.5, 0.6) is 0 Å². The Morgan fingerprint density at radius 1 is 1.18 bits per heavy atom. The number of rotatable bonds is 3. The molecule has 0 bridgehead atoms. The molecule has 0 saturated heterocycles. The average Bonchev–Trinajstić information content (AvgIpc) is 2.36. The van der Waals surface area contributed by atoms with E-state index < -0.39 is 0 Å². The molecule has 0 aromatic heterocycles. The summed E-state index contributed by atoms with van der Waals surface area (Å²) in [5.41, 5.74) is 0.734. The van der Waals surface area contributed by atoms with Crippen LogP contribution in [0.2, 0.25) is 0 Å². The molecular weight excluding hydrogens is 278 g/mol. The summed E-state index contributed by atoms with van der Waals surface area (Å²) in [6.07, 6.45) is 0.945. The van der Waals surface area contributed by atoms with Crippen molar-refractivity contribution in [3.05, 3.63) is 46.4 Å². The number of carbonyl (C=O) groups is 1. The molecule has 0 saturated carbocycles. The first-order valence-electron chi connectivity index (χ1n) is 5.69. The molecule has 0 unspecified atom stereocenters. The molecule has 2 aromatic carbocycles. The van der Waals surface area contributed by atoms with E-state index in [-0.39, 0.29) is 5.91 Å². The molecule has 0 aliphatic heterocycles. The molecule has 2 nitrogen and oxygen atoms in total. The van der Waals surface area contributed by atoms with Gasteiger partial charge in [0, 0.05) is 16.6 Å². The monoisotopic (exact) mass is 291 g/mol. The molecule has 17 heavy (non-hydrogen) atoms. The van der Waals surface area contributed by atoms with E-state index in [1.165, 1.54) is 0 Å². The van der Waals surface area contributed by atoms with E-state index in [0.29, 0.717) is 6.54 Å². The lowest BCUT2D eigenvalue weighted by atomic mass is 10.0. The van der Waals surface area contributed by atoms with E-state index in [2.05, 4.69) is 21.2 Å². The molecule has 0 aliphatic carbocycles. The van der Waals surface area contributed by atoms with Crippen molar-refractivity contribution in [3.8, 4) is 0 Å². The second-order valence-corrected chi connectivity index (χ2v) is 4.75. The summed E-state index contributed by atoms with van der Waals surface area (Å²) in [5.74, 6) is -0.00412. The Kier molecular flexibility index (Phi) is 3.79. The SMILES string of the molecule is CCCNC(=O)c1cccc2c(Br)cccc12. The highest BCUT2D eigenvalue weighted by Crippen LogP contribution is 2.26. The molecule has 1 N–H and O–H groups in total. The largest absolute Gasteiger partial charge is 0.352 e. The molecule has 1 amide bonds. The summed E-state index contributed by atoms with van der Waals surface area (Å²) in [6, 6.07) is 11.7. The highest BCUT2D eigenvalue weighted by molar-refractivity contribution is 9.10. The first-order chi connectivity index (χ1) is 8.24. The first kappa shape index (κ1) is 12.1. The van der Waals surface area contributed by atoms with Gasteiger partial charge in [0.2, 0.25) is 0 Å². The quantitative estimate of drug-likeness (QED) is 0.917. The summed E-state index contributed by atoms with van der Waals surface area (Å²) in [5, 5.41) is 4.95. The number of amides is 1. The summed E-state index contributed by atoms with van der Waals surface area (Å²) in [6.45, 7) is 2.75. The van der Waals surface area contributed by atoms with Crippen LogP contribution >= 0.6 is 15.9 Å². The highest BCUT2D eigenvalue weighted by atomic mass is 79.9. The Labute approximate surface area is 109 Å². The Morgan fingerprint density at radius 3 is 2.65 bits per heavy atom. The third-order valence-electron chi connectivity index (χ3n) is 2.65. The fourth-order valence-corrected chi connectivity index (χ4v) is 2.30. The van der Waals surface area contributed by atoms with E-state index in [4.69, 9.17) is 0 Å². The summed E-state index contributed by atoms with van der Waals surface area (Å²) in [4.78, 5) is 12.0. The van der Waals surface area contributed by atoms with Crippen molar-refractivity contribution in [2.24, 2.45) is 0 Å². The number of benzene rings is 2. The van der Waals surface area contributed by atoms with E-state index in [1.807, 2.05) is 43.3 Å². The fraction of sp³-hybridized carbons (Fsp3) is 0.214. The van der Waals surface area contributed by atoms with Crippen LogP contribution in [0.25, 0.3) is 10.8 Å². The lowest BCUT2D eigenvalue weighted by Gasteiger charge is -2.08. The van der Waals surface area contributed by atoms with Crippen LogP contribution in [0.15, 0.2) is 40.9 Å². The van der Waals surface area contributed by atoms with Gasteiger partial charge in [-0.05, 0) is 29.3 Å². The third kappa shape index (κ3) is 2.50. The van der Waals surface area contributed by atoms with Gasteiger partial charge in [0.15, 0.2) is 0 Å². The minimum Gasteiger partial charge on any atom is -0.352 e. The zero-order valence-corrected chi connectivity index (χ0v) is 11.3. The maximum Gasteiger partial charge on any atom is 0.251 e. The molecule has 0 aliphatic rings. The molecule has 0 radical (unpaired) electrons. The van der Waals surface area contributed by atoms with Crippen LogP contribution in [-0.2, 0) is 0 Å². The zero-order chi connectivity index (χ0) is 12.3. The second kappa shape index (κ2) is 5.32. The standard InChI is InChI=1S/C14H14BrNO/c1-2-9-16-14(17)12-7-3-6-11-10(12)5-4-8-13(11)15/h3-8H,2,9H2,1H3,(H,16,17). The number of hydrogen-bond acceptors (Lipinski definition) is 1. The van der Waals surface area contributed by atoms with Crippen LogP contribution in [0, 0.1) is 0 Å². The third-order valence-corrected chi connectivity index (χ3v) is 3.34. The summed E-state index contributed by atoms with van der Waals surface area (Å²) in [7, 11) is 0. The summed E-state index contributed by atoms with van der Waals surface area (Å²) < 4.78 is 1.01. The predicted octanol–water partition coefficient (Wildman–Crippen LogP) is 3.74. The Bertz CT molecular complexity index is 551. The lowest BCUT2D eigenvalue weighted by Crippen LogP contribution is -2.24. The maximum absolute atomic E-state index is 12.0. The smallest absolute Gasteiger partial charge is 0.251 e. The van der Waals surface area contributed by atoms with Gasteiger partial charge < -0.3 is 5.32 Å². The van der Waals surface area contributed by atoms with E-state index in [0.717, 1.165) is 27.2 Å². The van der Waals surface area contributed by atoms with Crippen LogP contribution < -0.4 is 5.32 Å². The van der Waals surface area contributed by atoms with Crippen LogP contribution in [-0.4, -0.2) is 12.5 Å². The zero-order valence-electron chi connectivity index (χ0n) is 9.66. The van der Waals surface area contributed by atoms with Crippen LogP contribution in [0.3, 0.4) is 0 Å². The minimum absolute atomic E-state index is 0.00412. The number of hydrogen-bond donors (Lipinski definition) is 1. The average molecular weight is 292 g/mol. The van der Waals surface area contributed by atoms with Gasteiger partial charge in [-0.2, -0.15) is 0 Å². The number of nitrogens with one attached hydrogen (secondary N) is 1. The van der Waals surface area contributed by atoms with Crippen LogP contribution in [0.1, 0.15) is 23.7 Å². The molecule has 88 valence electrons. The molecular formula is C14H14BrNO. The molecule has 0 atom stereocenters. The first-order valence-corrected chi connectivity index (χ1v) is 6.48. The molecule has 2 rings (SSSR count). The van der Waals surface area contributed by atoms with E-state index in [1.54, 1.807) is 0 Å². The number of fused-ring (bicyclic) bond motifs is 1. The Hall–Kier alpha value is -1.35. The fourth-order valence-electron chi connectivity index (χ4n) is 1.80. The van der Waals surface area contributed by atoms with Gasteiger partial charge in [0.25, 0.3) is 5.91 Å². The van der Waals surface area contributed by atoms with Crippen molar-refractivity contribution in [1.82, 2.24) is 5.32 Å². The van der Waals surface area contributed by atoms with Crippen molar-refractivity contribution < 1.29 is 4.79 Å². The highest BCUT2D eigenvalue weighted by Gasteiger charge is 2.09. The van der Waals surface area contributed by atoms with Crippen LogP contribution in [0.4, 0.5) is 0 Å². The molecule has 2 aromatic rings. The van der Waals surface area contributed by atoms with Crippen molar-refractivity contribution in [3.63, 3.8) is 0 Å². The number of halogens is 1. The summed E-state index contributed by atoms with van der Waals surface area (Å²) >= 11 is 3.50. The van der Waals surface area contributed by atoms with Gasteiger partial charge in [-0.3, -0.25) is 4.79 Å².